The van der Waals surface area contributed by atoms with E-state index >= 15 is 0 Å². The van der Waals surface area contributed by atoms with Crippen LogP contribution in [0.5, 0.6) is 5.75 Å². The number of amides is 1. The van der Waals surface area contributed by atoms with Crippen LogP contribution in [0.1, 0.15) is 30.6 Å². The van der Waals surface area contributed by atoms with Crippen molar-refractivity contribution in [3.63, 3.8) is 0 Å². The molecule has 0 fully saturated rings. The van der Waals surface area contributed by atoms with Crippen molar-refractivity contribution in [3.8, 4) is 5.75 Å². The summed E-state index contributed by atoms with van der Waals surface area (Å²) in [5, 5.41) is 13.1. The van der Waals surface area contributed by atoms with Gasteiger partial charge in [-0.05, 0) is 48.7 Å². The van der Waals surface area contributed by atoms with Crippen LogP contribution in [0.2, 0.25) is 0 Å². The standard InChI is InChI=1S/C19H22FNO3/c1-13(19(23)15-6-10-17(24-2)11-7-15)21-18(22)12-5-14-3-8-16(20)9-4-14/h3-4,6-11,13,19,23H,5,12H2,1-2H3,(H,21,22). The maximum atomic E-state index is 12.8. The van der Waals surface area contributed by atoms with Crippen molar-refractivity contribution in [1.82, 2.24) is 5.32 Å². The summed E-state index contributed by atoms with van der Waals surface area (Å²) in [7, 11) is 1.58. The Morgan fingerprint density at radius 3 is 2.38 bits per heavy atom. The normalized spacial score (nSPS) is 13.2. The molecule has 0 radical (unpaired) electrons. The number of rotatable bonds is 7. The Labute approximate surface area is 141 Å². The maximum Gasteiger partial charge on any atom is 0.220 e. The van der Waals surface area contributed by atoms with Gasteiger partial charge in [0.2, 0.25) is 5.91 Å². The van der Waals surface area contributed by atoms with Crippen LogP contribution in [0, 0.1) is 5.82 Å². The minimum absolute atomic E-state index is 0.153. The molecule has 0 spiro atoms. The third kappa shape index (κ3) is 5.06. The Hall–Kier alpha value is -2.40. The first-order valence-electron chi connectivity index (χ1n) is 7.85. The average Bonchev–Trinajstić information content (AvgIpc) is 2.60. The van der Waals surface area contributed by atoms with Gasteiger partial charge < -0.3 is 15.2 Å². The lowest BCUT2D eigenvalue weighted by molar-refractivity contribution is -0.122. The Morgan fingerprint density at radius 2 is 1.79 bits per heavy atom. The summed E-state index contributed by atoms with van der Waals surface area (Å²) < 4.78 is 17.9. The van der Waals surface area contributed by atoms with Crippen LogP contribution in [0.4, 0.5) is 4.39 Å². The summed E-state index contributed by atoms with van der Waals surface area (Å²) in [6.07, 6.45) is 0.00800. The predicted molar refractivity (Wildman–Crippen MR) is 90.3 cm³/mol. The second-order valence-electron chi connectivity index (χ2n) is 5.70. The number of ether oxygens (including phenoxy) is 1. The highest BCUT2D eigenvalue weighted by molar-refractivity contribution is 5.76. The fraction of sp³-hybridized carbons (Fsp3) is 0.316. The number of aliphatic hydroxyl groups excluding tert-OH is 1. The summed E-state index contributed by atoms with van der Waals surface area (Å²) >= 11 is 0. The van der Waals surface area contributed by atoms with Gasteiger partial charge in [-0.3, -0.25) is 4.79 Å². The Kier molecular flexibility index (Phi) is 6.32. The zero-order valence-corrected chi connectivity index (χ0v) is 13.8. The van der Waals surface area contributed by atoms with Gasteiger partial charge in [0.15, 0.2) is 0 Å². The van der Waals surface area contributed by atoms with Crippen molar-refractivity contribution in [2.45, 2.75) is 31.9 Å². The lowest BCUT2D eigenvalue weighted by Gasteiger charge is -2.21. The van der Waals surface area contributed by atoms with Gasteiger partial charge in [-0.15, -0.1) is 0 Å². The molecule has 0 aliphatic carbocycles. The van der Waals surface area contributed by atoms with Crippen LogP contribution in [0.3, 0.4) is 0 Å². The minimum atomic E-state index is -0.800. The van der Waals surface area contributed by atoms with Gasteiger partial charge in [0, 0.05) is 6.42 Å². The zero-order chi connectivity index (χ0) is 17.5. The smallest absolute Gasteiger partial charge is 0.220 e. The molecule has 4 nitrogen and oxygen atoms in total. The molecule has 2 aromatic rings. The average molecular weight is 331 g/mol. The van der Waals surface area contributed by atoms with Crippen LogP contribution in [0.15, 0.2) is 48.5 Å². The lowest BCUT2D eigenvalue weighted by atomic mass is 10.0. The van der Waals surface area contributed by atoms with E-state index in [4.69, 9.17) is 4.74 Å². The molecule has 2 unspecified atom stereocenters. The first-order valence-corrected chi connectivity index (χ1v) is 7.85. The molecule has 0 aliphatic rings. The molecular weight excluding hydrogens is 309 g/mol. The van der Waals surface area contributed by atoms with E-state index in [1.54, 1.807) is 50.4 Å². The Balaban J connectivity index is 1.84. The quantitative estimate of drug-likeness (QED) is 0.820. The Morgan fingerprint density at radius 1 is 1.17 bits per heavy atom. The summed E-state index contributed by atoms with van der Waals surface area (Å²) in [6, 6.07) is 12.7. The van der Waals surface area contributed by atoms with E-state index in [-0.39, 0.29) is 18.1 Å². The van der Waals surface area contributed by atoms with Gasteiger partial charge in [0.05, 0.1) is 19.3 Å². The van der Waals surface area contributed by atoms with Gasteiger partial charge in [-0.1, -0.05) is 24.3 Å². The number of carbonyl (C=O) groups excluding carboxylic acids is 1. The van der Waals surface area contributed by atoms with E-state index in [1.807, 2.05) is 0 Å². The minimum Gasteiger partial charge on any atom is -0.497 e. The molecule has 5 heteroatoms. The molecule has 0 bridgehead atoms. The van der Waals surface area contributed by atoms with Gasteiger partial charge in [0.1, 0.15) is 11.6 Å². The second-order valence-corrected chi connectivity index (χ2v) is 5.70. The molecule has 1 amide bonds. The molecule has 2 aromatic carbocycles. The molecular formula is C19H22FNO3. The fourth-order valence-corrected chi connectivity index (χ4v) is 2.40. The van der Waals surface area contributed by atoms with Crippen molar-refractivity contribution < 1.29 is 19.0 Å². The van der Waals surface area contributed by atoms with E-state index in [2.05, 4.69) is 5.32 Å². The van der Waals surface area contributed by atoms with Crippen LogP contribution < -0.4 is 10.1 Å². The number of halogens is 1. The fourth-order valence-electron chi connectivity index (χ4n) is 2.40. The van der Waals surface area contributed by atoms with Crippen LogP contribution in [-0.2, 0) is 11.2 Å². The molecule has 2 rings (SSSR count). The number of hydrogen-bond acceptors (Lipinski definition) is 3. The lowest BCUT2D eigenvalue weighted by Crippen LogP contribution is -2.37. The largest absolute Gasteiger partial charge is 0.497 e. The molecule has 2 N–H and O–H groups in total. The molecule has 0 heterocycles. The summed E-state index contributed by atoms with van der Waals surface area (Å²) in [5.41, 5.74) is 1.61. The third-order valence-electron chi connectivity index (χ3n) is 3.87. The second kappa shape index (κ2) is 8.45. The van der Waals surface area contributed by atoms with Crippen molar-refractivity contribution in [2.24, 2.45) is 0 Å². The highest BCUT2D eigenvalue weighted by atomic mass is 19.1. The van der Waals surface area contributed by atoms with Crippen LogP contribution >= 0.6 is 0 Å². The van der Waals surface area contributed by atoms with E-state index in [1.165, 1.54) is 12.1 Å². The van der Waals surface area contributed by atoms with Crippen molar-refractivity contribution in [1.29, 1.82) is 0 Å². The number of nitrogens with one attached hydrogen (secondary N) is 1. The van der Waals surface area contributed by atoms with E-state index in [0.29, 0.717) is 17.7 Å². The molecule has 2 atom stereocenters. The molecule has 128 valence electrons. The van der Waals surface area contributed by atoms with E-state index < -0.39 is 12.1 Å². The number of carbonyl (C=O) groups is 1. The maximum absolute atomic E-state index is 12.8. The van der Waals surface area contributed by atoms with Gasteiger partial charge in [0.25, 0.3) is 0 Å². The summed E-state index contributed by atoms with van der Waals surface area (Å²) in [5.74, 6) is 0.265. The first kappa shape index (κ1) is 17.9. The van der Waals surface area contributed by atoms with Crippen LogP contribution in [-0.4, -0.2) is 24.2 Å². The molecule has 0 aromatic heterocycles. The predicted octanol–water partition coefficient (Wildman–Crippen LogP) is 3.01. The first-order chi connectivity index (χ1) is 11.5. The number of hydrogen-bond donors (Lipinski definition) is 2. The van der Waals surface area contributed by atoms with Gasteiger partial charge >= 0.3 is 0 Å². The Bertz CT molecular complexity index is 655. The highest BCUT2D eigenvalue weighted by Crippen LogP contribution is 2.20. The van der Waals surface area contributed by atoms with Crippen molar-refractivity contribution in [3.05, 3.63) is 65.5 Å². The molecule has 0 saturated carbocycles. The zero-order valence-electron chi connectivity index (χ0n) is 13.8. The number of aliphatic hydroxyl groups is 1. The van der Waals surface area contributed by atoms with E-state index in [9.17, 15) is 14.3 Å². The van der Waals surface area contributed by atoms with Crippen molar-refractivity contribution >= 4 is 5.91 Å². The number of methoxy groups -OCH3 is 1. The van der Waals surface area contributed by atoms with Crippen molar-refractivity contribution in [2.75, 3.05) is 7.11 Å². The monoisotopic (exact) mass is 331 g/mol. The van der Waals surface area contributed by atoms with Gasteiger partial charge in [-0.2, -0.15) is 0 Å². The summed E-state index contributed by atoms with van der Waals surface area (Å²) in [4.78, 5) is 12.0. The number of benzene rings is 2. The molecule has 0 saturated heterocycles. The topological polar surface area (TPSA) is 58.6 Å². The highest BCUT2D eigenvalue weighted by Gasteiger charge is 2.18. The molecule has 0 aliphatic heterocycles. The van der Waals surface area contributed by atoms with Crippen LogP contribution in [0.25, 0.3) is 0 Å². The summed E-state index contributed by atoms with van der Waals surface area (Å²) in [6.45, 7) is 1.75. The SMILES string of the molecule is COc1ccc(C(O)C(C)NC(=O)CCc2ccc(F)cc2)cc1. The van der Waals surface area contributed by atoms with E-state index in [0.717, 1.165) is 5.56 Å². The van der Waals surface area contributed by atoms with Gasteiger partial charge in [-0.25, -0.2) is 4.39 Å². The molecule has 24 heavy (non-hydrogen) atoms. The third-order valence-corrected chi connectivity index (χ3v) is 3.87. The number of aryl methyl sites for hydroxylation is 1.